The molecule has 0 aliphatic carbocycles. The Morgan fingerprint density at radius 2 is 1.40 bits per heavy atom. The van der Waals surface area contributed by atoms with Crippen LogP contribution in [0.25, 0.3) is 0 Å². The van der Waals surface area contributed by atoms with Crippen LogP contribution >= 0.6 is 11.3 Å². The molecule has 42 heavy (non-hydrogen) atoms. The number of aromatic nitrogens is 1. The highest BCUT2D eigenvalue weighted by Crippen LogP contribution is 2.31. The van der Waals surface area contributed by atoms with Crippen molar-refractivity contribution in [1.82, 2.24) is 15.2 Å². The van der Waals surface area contributed by atoms with Crippen LogP contribution in [-0.4, -0.2) is 30.0 Å². The molecule has 1 atom stereocenters. The molecule has 4 aromatic carbocycles. The standard InChI is InChI=1S/C35H35N3O3S/c1-25(26-13-7-4-8-14-26)38(22-29-19-20-30(40-2)21-32(29)41-3)23-33-36-31(24-42-33)35(39)37-34(27-15-9-5-10-16-27)28-17-11-6-12-18-28/h4-21,24-25,34H,22-23H2,1-3H3,(H,37,39)/t25-/m1/s1. The predicted molar refractivity (Wildman–Crippen MR) is 168 cm³/mol. The number of amides is 1. The van der Waals surface area contributed by atoms with Crippen molar-refractivity contribution in [1.29, 1.82) is 0 Å². The molecular weight excluding hydrogens is 542 g/mol. The van der Waals surface area contributed by atoms with E-state index in [1.54, 1.807) is 14.2 Å². The van der Waals surface area contributed by atoms with Crippen molar-refractivity contribution in [2.75, 3.05) is 14.2 Å². The smallest absolute Gasteiger partial charge is 0.271 e. The summed E-state index contributed by atoms with van der Waals surface area (Å²) in [6.45, 7) is 3.40. The Morgan fingerprint density at radius 3 is 1.98 bits per heavy atom. The van der Waals surface area contributed by atoms with Gasteiger partial charge in [-0.3, -0.25) is 9.69 Å². The number of ether oxygens (including phenoxy) is 2. The van der Waals surface area contributed by atoms with E-state index in [4.69, 9.17) is 14.5 Å². The van der Waals surface area contributed by atoms with Gasteiger partial charge in [-0.15, -0.1) is 11.3 Å². The van der Waals surface area contributed by atoms with Crippen molar-refractivity contribution >= 4 is 17.2 Å². The number of hydrogen-bond acceptors (Lipinski definition) is 6. The quantitative estimate of drug-likeness (QED) is 0.167. The maximum absolute atomic E-state index is 13.5. The fourth-order valence-corrected chi connectivity index (χ4v) is 5.79. The van der Waals surface area contributed by atoms with Crippen molar-refractivity contribution in [2.24, 2.45) is 0 Å². The van der Waals surface area contributed by atoms with E-state index in [0.29, 0.717) is 18.8 Å². The molecule has 5 rings (SSSR count). The van der Waals surface area contributed by atoms with E-state index >= 15 is 0 Å². The number of rotatable bonds is 12. The van der Waals surface area contributed by atoms with Gasteiger partial charge in [0.2, 0.25) is 0 Å². The Hall–Kier alpha value is -4.46. The number of carbonyl (C=O) groups excluding carboxylic acids is 1. The first-order valence-corrected chi connectivity index (χ1v) is 14.8. The molecule has 0 aliphatic heterocycles. The minimum absolute atomic E-state index is 0.0970. The number of nitrogens with zero attached hydrogens (tertiary/aromatic N) is 2. The zero-order valence-corrected chi connectivity index (χ0v) is 24.9. The summed E-state index contributed by atoms with van der Waals surface area (Å²) in [4.78, 5) is 20.6. The fraction of sp³-hybridized carbons (Fsp3) is 0.200. The topological polar surface area (TPSA) is 63.7 Å². The lowest BCUT2D eigenvalue weighted by molar-refractivity contribution is 0.0938. The molecule has 0 saturated heterocycles. The minimum atomic E-state index is -0.276. The van der Waals surface area contributed by atoms with Gasteiger partial charge in [0.25, 0.3) is 5.91 Å². The summed E-state index contributed by atoms with van der Waals surface area (Å²) in [5.41, 5.74) is 4.70. The average molecular weight is 578 g/mol. The summed E-state index contributed by atoms with van der Waals surface area (Å²) in [7, 11) is 3.32. The molecule has 0 bridgehead atoms. The van der Waals surface area contributed by atoms with Crippen LogP contribution in [0.4, 0.5) is 0 Å². The SMILES string of the molecule is COc1ccc(CN(Cc2nc(C(=O)NC(c3ccccc3)c3ccccc3)cs2)[C@H](C)c2ccccc2)c(OC)c1. The lowest BCUT2D eigenvalue weighted by Crippen LogP contribution is -2.30. The molecule has 6 nitrogen and oxygen atoms in total. The Kier molecular flexibility index (Phi) is 9.64. The molecule has 1 heterocycles. The van der Waals surface area contributed by atoms with E-state index in [2.05, 4.69) is 41.4 Å². The van der Waals surface area contributed by atoms with Crippen molar-refractivity contribution in [3.63, 3.8) is 0 Å². The normalized spacial score (nSPS) is 11.8. The molecule has 0 saturated carbocycles. The van der Waals surface area contributed by atoms with Gasteiger partial charge in [0.15, 0.2) is 0 Å². The van der Waals surface area contributed by atoms with Crippen molar-refractivity contribution in [3.8, 4) is 11.5 Å². The lowest BCUT2D eigenvalue weighted by atomic mass is 9.98. The summed E-state index contributed by atoms with van der Waals surface area (Å²) < 4.78 is 11.1. The van der Waals surface area contributed by atoms with Gasteiger partial charge in [-0.25, -0.2) is 4.98 Å². The van der Waals surface area contributed by atoms with Crippen LogP contribution < -0.4 is 14.8 Å². The van der Waals surface area contributed by atoms with Gasteiger partial charge in [0.05, 0.1) is 26.8 Å². The van der Waals surface area contributed by atoms with Gasteiger partial charge >= 0.3 is 0 Å². The van der Waals surface area contributed by atoms with E-state index in [0.717, 1.165) is 33.2 Å². The third-order valence-electron chi connectivity index (χ3n) is 7.36. The second-order valence-corrected chi connectivity index (χ2v) is 11.0. The summed E-state index contributed by atoms with van der Waals surface area (Å²) >= 11 is 1.50. The van der Waals surface area contributed by atoms with E-state index in [9.17, 15) is 4.79 Å². The number of carbonyl (C=O) groups is 1. The van der Waals surface area contributed by atoms with E-state index in [-0.39, 0.29) is 18.0 Å². The highest BCUT2D eigenvalue weighted by atomic mass is 32.1. The highest BCUT2D eigenvalue weighted by Gasteiger charge is 2.23. The number of methoxy groups -OCH3 is 2. The third-order valence-corrected chi connectivity index (χ3v) is 8.19. The summed E-state index contributed by atoms with van der Waals surface area (Å²) in [6.07, 6.45) is 0. The van der Waals surface area contributed by atoms with Crippen molar-refractivity contribution in [2.45, 2.75) is 32.1 Å². The number of hydrogen-bond donors (Lipinski definition) is 1. The van der Waals surface area contributed by atoms with Crippen LogP contribution in [0.3, 0.4) is 0 Å². The van der Waals surface area contributed by atoms with Crippen LogP contribution in [0.2, 0.25) is 0 Å². The molecule has 7 heteroatoms. The van der Waals surface area contributed by atoms with Crippen LogP contribution in [0.1, 0.15) is 56.8 Å². The Labute approximate surface area is 251 Å². The second-order valence-electron chi connectivity index (χ2n) is 10.0. The van der Waals surface area contributed by atoms with Gasteiger partial charge in [0.1, 0.15) is 22.2 Å². The zero-order valence-electron chi connectivity index (χ0n) is 24.1. The van der Waals surface area contributed by atoms with Gasteiger partial charge < -0.3 is 14.8 Å². The lowest BCUT2D eigenvalue weighted by Gasteiger charge is -2.29. The molecule has 214 valence electrons. The van der Waals surface area contributed by atoms with Crippen molar-refractivity contribution in [3.05, 3.63) is 148 Å². The minimum Gasteiger partial charge on any atom is -0.497 e. The molecule has 0 spiro atoms. The number of nitrogens with one attached hydrogen (secondary N) is 1. The Morgan fingerprint density at radius 1 is 0.810 bits per heavy atom. The monoisotopic (exact) mass is 577 g/mol. The molecule has 0 fully saturated rings. The van der Waals surface area contributed by atoms with Gasteiger partial charge in [0, 0.05) is 29.6 Å². The maximum atomic E-state index is 13.5. The first kappa shape index (κ1) is 29.0. The second kappa shape index (κ2) is 13.9. The van der Waals surface area contributed by atoms with Crippen LogP contribution in [0.5, 0.6) is 11.5 Å². The molecule has 1 amide bonds. The average Bonchev–Trinajstić information content (AvgIpc) is 3.53. The van der Waals surface area contributed by atoms with Gasteiger partial charge in [-0.2, -0.15) is 0 Å². The molecule has 0 unspecified atom stereocenters. The van der Waals surface area contributed by atoms with Crippen molar-refractivity contribution < 1.29 is 14.3 Å². The maximum Gasteiger partial charge on any atom is 0.271 e. The first-order valence-electron chi connectivity index (χ1n) is 13.9. The van der Waals surface area contributed by atoms with Gasteiger partial charge in [-0.1, -0.05) is 97.1 Å². The fourth-order valence-electron chi connectivity index (χ4n) is 4.99. The van der Waals surface area contributed by atoms with E-state index < -0.39 is 0 Å². The molecule has 5 aromatic rings. The van der Waals surface area contributed by atoms with E-state index in [1.807, 2.05) is 90.3 Å². The Balaban J connectivity index is 1.38. The summed E-state index contributed by atoms with van der Waals surface area (Å²) in [6, 6.07) is 36.1. The molecule has 0 aliphatic rings. The highest BCUT2D eigenvalue weighted by molar-refractivity contribution is 7.09. The zero-order chi connectivity index (χ0) is 29.3. The predicted octanol–water partition coefficient (Wildman–Crippen LogP) is 7.44. The molecule has 0 radical (unpaired) electrons. The summed E-state index contributed by atoms with van der Waals surface area (Å²) in [5, 5.41) is 5.92. The largest absolute Gasteiger partial charge is 0.497 e. The first-order chi connectivity index (χ1) is 20.6. The molecular formula is C35H35N3O3S. The van der Waals surface area contributed by atoms with Crippen LogP contribution in [0.15, 0.2) is 115 Å². The summed E-state index contributed by atoms with van der Waals surface area (Å²) in [5.74, 6) is 1.32. The van der Waals surface area contributed by atoms with E-state index in [1.165, 1.54) is 16.9 Å². The number of thiazole rings is 1. The molecule has 1 aromatic heterocycles. The van der Waals surface area contributed by atoms with Gasteiger partial charge in [-0.05, 0) is 29.7 Å². The van der Waals surface area contributed by atoms with Crippen LogP contribution in [0, 0.1) is 0 Å². The number of benzene rings is 4. The van der Waals surface area contributed by atoms with Crippen LogP contribution in [-0.2, 0) is 13.1 Å². The molecule has 1 N–H and O–H groups in total. The third kappa shape index (κ3) is 7.05. The Bertz CT molecular complexity index is 1540.